The van der Waals surface area contributed by atoms with Crippen LogP contribution in [0.25, 0.3) is 0 Å². The summed E-state index contributed by atoms with van der Waals surface area (Å²) in [4.78, 5) is 7.50. The van der Waals surface area contributed by atoms with Crippen LogP contribution in [0, 0.1) is 5.92 Å². The van der Waals surface area contributed by atoms with Crippen molar-refractivity contribution in [3.05, 3.63) is 23.4 Å². The molecule has 0 spiro atoms. The standard InChI is InChI=1S/C18H31N3/c1-5-6-16-11-15(13-19-4)12-18(20-16)21(17-7-8-17)10-9-14(2)3/h11-12,14,17,19H,5-10,13H2,1-4H3. The first-order valence-electron chi connectivity index (χ1n) is 8.55. The van der Waals surface area contributed by atoms with Crippen LogP contribution in [0.15, 0.2) is 12.1 Å². The van der Waals surface area contributed by atoms with Crippen molar-refractivity contribution >= 4 is 5.82 Å². The number of aryl methyl sites for hydroxylation is 1. The molecule has 0 atom stereocenters. The predicted octanol–water partition coefficient (Wildman–Crippen LogP) is 3.77. The summed E-state index contributed by atoms with van der Waals surface area (Å²) in [6, 6.07) is 5.28. The van der Waals surface area contributed by atoms with Crippen LogP contribution in [0.5, 0.6) is 0 Å². The summed E-state index contributed by atoms with van der Waals surface area (Å²) in [5.41, 5.74) is 2.61. The van der Waals surface area contributed by atoms with Gasteiger partial charge in [0.25, 0.3) is 0 Å². The van der Waals surface area contributed by atoms with Crippen molar-refractivity contribution in [3.63, 3.8) is 0 Å². The van der Waals surface area contributed by atoms with Crippen LogP contribution in [0.4, 0.5) is 5.82 Å². The van der Waals surface area contributed by atoms with Gasteiger partial charge in [-0.25, -0.2) is 4.98 Å². The van der Waals surface area contributed by atoms with Gasteiger partial charge in [0.2, 0.25) is 0 Å². The van der Waals surface area contributed by atoms with Crippen LogP contribution < -0.4 is 10.2 Å². The molecule has 1 aliphatic rings. The van der Waals surface area contributed by atoms with E-state index < -0.39 is 0 Å². The number of pyridine rings is 1. The monoisotopic (exact) mass is 289 g/mol. The Morgan fingerprint density at radius 2 is 2.10 bits per heavy atom. The summed E-state index contributed by atoms with van der Waals surface area (Å²) >= 11 is 0. The molecule has 1 fully saturated rings. The third-order valence-corrected chi connectivity index (χ3v) is 4.04. The zero-order chi connectivity index (χ0) is 15.2. The highest BCUT2D eigenvalue weighted by Gasteiger charge is 2.30. The quantitative estimate of drug-likeness (QED) is 0.750. The first-order valence-corrected chi connectivity index (χ1v) is 8.55. The lowest BCUT2D eigenvalue weighted by atomic mass is 10.1. The molecule has 0 radical (unpaired) electrons. The number of hydrogen-bond acceptors (Lipinski definition) is 3. The number of nitrogens with zero attached hydrogens (tertiary/aromatic N) is 2. The van der Waals surface area contributed by atoms with Gasteiger partial charge in [0.05, 0.1) is 0 Å². The number of anilines is 1. The molecule has 1 aliphatic carbocycles. The Kier molecular flexibility index (Phi) is 6.04. The largest absolute Gasteiger partial charge is 0.354 e. The third-order valence-electron chi connectivity index (χ3n) is 4.04. The number of nitrogens with one attached hydrogen (secondary N) is 1. The van der Waals surface area contributed by atoms with Gasteiger partial charge in [0.15, 0.2) is 0 Å². The van der Waals surface area contributed by atoms with Crippen molar-refractivity contribution < 1.29 is 0 Å². The summed E-state index contributed by atoms with van der Waals surface area (Å²) < 4.78 is 0. The van der Waals surface area contributed by atoms with E-state index in [4.69, 9.17) is 4.98 Å². The molecule has 1 N–H and O–H groups in total. The van der Waals surface area contributed by atoms with Gasteiger partial charge in [-0.15, -0.1) is 0 Å². The lowest BCUT2D eigenvalue weighted by molar-refractivity contribution is 0.568. The zero-order valence-electron chi connectivity index (χ0n) is 14.2. The second kappa shape index (κ2) is 7.79. The molecule has 0 bridgehead atoms. The molecule has 1 aromatic heterocycles. The molecule has 0 aliphatic heterocycles. The molecule has 0 aromatic carbocycles. The number of rotatable bonds is 9. The Hall–Kier alpha value is -1.09. The van der Waals surface area contributed by atoms with Gasteiger partial charge in [0.1, 0.15) is 5.82 Å². The highest BCUT2D eigenvalue weighted by molar-refractivity contribution is 5.45. The van der Waals surface area contributed by atoms with Gasteiger partial charge < -0.3 is 10.2 Å². The summed E-state index contributed by atoms with van der Waals surface area (Å²) in [5, 5.41) is 3.27. The maximum atomic E-state index is 4.94. The van der Waals surface area contributed by atoms with E-state index >= 15 is 0 Å². The van der Waals surface area contributed by atoms with Crippen molar-refractivity contribution in [2.45, 2.75) is 65.5 Å². The fraction of sp³-hybridized carbons (Fsp3) is 0.722. The Morgan fingerprint density at radius 1 is 1.33 bits per heavy atom. The molecule has 0 unspecified atom stereocenters. The second-order valence-electron chi connectivity index (χ2n) is 6.71. The lowest BCUT2D eigenvalue weighted by Gasteiger charge is -2.25. The number of hydrogen-bond donors (Lipinski definition) is 1. The Morgan fingerprint density at radius 3 is 2.67 bits per heavy atom. The van der Waals surface area contributed by atoms with Crippen molar-refractivity contribution in [1.82, 2.24) is 10.3 Å². The van der Waals surface area contributed by atoms with Crippen LogP contribution >= 0.6 is 0 Å². The van der Waals surface area contributed by atoms with Gasteiger partial charge in [-0.05, 0) is 56.3 Å². The van der Waals surface area contributed by atoms with Crippen LogP contribution in [0.1, 0.15) is 57.7 Å². The van der Waals surface area contributed by atoms with Gasteiger partial charge in [-0.1, -0.05) is 27.2 Å². The van der Waals surface area contributed by atoms with E-state index in [1.54, 1.807) is 0 Å². The molecular formula is C18H31N3. The fourth-order valence-electron chi connectivity index (χ4n) is 2.74. The van der Waals surface area contributed by atoms with Gasteiger partial charge in [-0.2, -0.15) is 0 Å². The molecule has 1 heterocycles. The molecule has 0 amide bonds. The Labute approximate surface area is 130 Å². The highest BCUT2D eigenvalue weighted by atomic mass is 15.2. The first kappa shape index (κ1) is 16.3. The van der Waals surface area contributed by atoms with Crippen molar-refractivity contribution in [3.8, 4) is 0 Å². The fourth-order valence-corrected chi connectivity index (χ4v) is 2.74. The molecule has 3 heteroatoms. The number of aromatic nitrogens is 1. The first-order chi connectivity index (χ1) is 10.1. The van der Waals surface area contributed by atoms with E-state index in [9.17, 15) is 0 Å². The van der Waals surface area contributed by atoms with E-state index in [0.29, 0.717) is 0 Å². The van der Waals surface area contributed by atoms with Gasteiger partial charge in [0, 0.05) is 24.8 Å². The van der Waals surface area contributed by atoms with Gasteiger partial charge >= 0.3 is 0 Å². The van der Waals surface area contributed by atoms with Crippen molar-refractivity contribution in [2.75, 3.05) is 18.5 Å². The predicted molar refractivity (Wildman–Crippen MR) is 90.8 cm³/mol. The van der Waals surface area contributed by atoms with Gasteiger partial charge in [-0.3, -0.25) is 0 Å². The maximum Gasteiger partial charge on any atom is 0.129 e. The zero-order valence-corrected chi connectivity index (χ0v) is 14.2. The minimum atomic E-state index is 0.732. The summed E-state index contributed by atoms with van der Waals surface area (Å²) in [7, 11) is 2.01. The average molecular weight is 289 g/mol. The Bertz CT molecular complexity index is 414. The van der Waals surface area contributed by atoms with Crippen LogP contribution in [-0.2, 0) is 13.0 Å². The minimum absolute atomic E-state index is 0.732. The van der Waals surface area contributed by atoms with Crippen molar-refractivity contribution in [1.29, 1.82) is 0 Å². The molecule has 0 saturated heterocycles. The van der Waals surface area contributed by atoms with Crippen molar-refractivity contribution in [2.24, 2.45) is 5.92 Å². The van der Waals surface area contributed by atoms with E-state index in [-0.39, 0.29) is 0 Å². The average Bonchev–Trinajstić information content (AvgIpc) is 3.24. The van der Waals surface area contributed by atoms with E-state index in [1.807, 2.05) is 7.05 Å². The third kappa shape index (κ3) is 4.99. The molecule has 118 valence electrons. The normalized spacial score (nSPS) is 14.7. The maximum absolute atomic E-state index is 4.94. The summed E-state index contributed by atoms with van der Waals surface area (Å²) in [6.45, 7) is 8.90. The highest BCUT2D eigenvalue weighted by Crippen LogP contribution is 2.32. The smallest absolute Gasteiger partial charge is 0.129 e. The Balaban J connectivity index is 2.20. The van der Waals surface area contributed by atoms with E-state index in [1.165, 1.54) is 36.3 Å². The van der Waals surface area contributed by atoms with E-state index in [2.05, 4.69) is 43.1 Å². The lowest BCUT2D eigenvalue weighted by Crippen LogP contribution is -2.29. The summed E-state index contributed by atoms with van der Waals surface area (Å²) in [6.07, 6.45) is 6.15. The molecule has 2 rings (SSSR count). The molecule has 1 aromatic rings. The molecule has 21 heavy (non-hydrogen) atoms. The van der Waals surface area contributed by atoms with Crippen LogP contribution in [0.3, 0.4) is 0 Å². The molecule has 3 nitrogen and oxygen atoms in total. The van der Waals surface area contributed by atoms with Crippen LogP contribution in [-0.4, -0.2) is 24.6 Å². The van der Waals surface area contributed by atoms with E-state index in [0.717, 1.165) is 37.9 Å². The molecular weight excluding hydrogens is 258 g/mol. The summed E-state index contributed by atoms with van der Waals surface area (Å²) in [5.74, 6) is 1.95. The molecule has 1 saturated carbocycles. The van der Waals surface area contributed by atoms with Crippen LogP contribution in [0.2, 0.25) is 0 Å². The topological polar surface area (TPSA) is 28.2 Å². The second-order valence-corrected chi connectivity index (χ2v) is 6.71. The minimum Gasteiger partial charge on any atom is -0.354 e. The SMILES string of the molecule is CCCc1cc(CNC)cc(N(CCC(C)C)C2CC2)n1.